The van der Waals surface area contributed by atoms with Gasteiger partial charge in [-0.3, -0.25) is 4.79 Å². The summed E-state index contributed by atoms with van der Waals surface area (Å²) < 4.78 is 21.4. The Morgan fingerprint density at radius 3 is 2.57 bits per heavy atom. The third kappa shape index (κ3) is 5.60. The lowest BCUT2D eigenvalue weighted by Gasteiger charge is -2.29. The van der Waals surface area contributed by atoms with Crippen molar-refractivity contribution in [1.82, 2.24) is 15.6 Å². The number of para-hydroxylation sites is 2. The molecular formula is C25H25N3O7. The van der Waals surface area contributed by atoms with Crippen molar-refractivity contribution in [1.29, 1.82) is 0 Å². The molecule has 10 heteroatoms. The Morgan fingerprint density at radius 2 is 1.86 bits per heavy atom. The van der Waals surface area contributed by atoms with E-state index in [1.165, 1.54) is 0 Å². The number of carbonyl (C=O) groups is 3. The van der Waals surface area contributed by atoms with Gasteiger partial charge in [-0.1, -0.05) is 24.3 Å². The molecule has 2 amide bonds. The van der Waals surface area contributed by atoms with Crippen molar-refractivity contribution in [2.75, 3.05) is 20.3 Å². The highest BCUT2D eigenvalue weighted by Gasteiger charge is 2.34. The number of nitrogens with one attached hydrogen (secondary N) is 2. The zero-order valence-corrected chi connectivity index (χ0v) is 19.3. The molecule has 35 heavy (non-hydrogen) atoms. The van der Waals surface area contributed by atoms with E-state index in [1.54, 1.807) is 44.4 Å². The Labute approximate surface area is 201 Å². The first-order valence-corrected chi connectivity index (χ1v) is 11.1. The number of aromatic nitrogens is 1. The first kappa shape index (κ1) is 23.8. The topological polar surface area (TPSA) is 129 Å². The monoisotopic (exact) mass is 479 g/mol. The van der Waals surface area contributed by atoms with Crippen LogP contribution in [0, 0.1) is 0 Å². The molecule has 0 fully saturated rings. The van der Waals surface area contributed by atoms with E-state index in [0.717, 1.165) is 0 Å². The molecule has 0 unspecified atom stereocenters. The number of esters is 2. The second-order valence-corrected chi connectivity index (χ2v) is 7.65. The molecule has 4 rings (SSSR count). The van der Waals surface area contributed by atoms with Crippen LogP contribution in [0.5, 0.6) is 5.75 Å². The molecule has 0 saturated carbocycles. The van der Waals surface area contributed by atoms with Crippen molar-refractivity contribution in [2.24, 2.45) is 0 Å². The summed E-state index contributed by atoms with van der Waals surface area (Å²) in [6, 6.07) is 12.9. The average molecular weight is 479 g/mol. The highest BCUT2D eigenvalue weighted by Crippen LogP contribution is 2.29. The molecule has 2 heterocycles. The van der Waals surface area contributed by atoms with Crippen molar-refractivity contribution in [3.05, 3.63) is 71.3 Å². The Morgan fingerprint density at radius 1 is 1.09 bits per heavy atom. The molecular weight excluding hydrogens is 454 g/mol. The Kier molecular flexibility index (Phi) is 7.30. The predicted molar refractivity (Wildman–Crippen MR) is 124 cm³/mol. The minimum absolute atomic E-state index is 0.0168. The number of aryl methyl sites for hydroxylation is 1. The molecule has 0 bridgehead atoms. The summed E-state index contributed by atoms with van der Waals surface area (Å²) in [5.74, 6) is -0.108. The minimum atomic E-state index is -0.790. The number of oxazole rings is 1. The summed E-state index contributed by atoms with van der Waals surface area (Å²) in [7, 11) is 1.54. The third-order valence-corrected chi connectivity index (χ3v) is 5.36. The van der Waals surface area contributed by atoms with Crippen LogP contribution in [0.15, 0.2) is 64.2 Å². The van der Waals surface area contributed by atoms with Crippen LogP contribution in [0.4, 0.5) is 4.79 Å². The molecule has 3 aromatic rings. The Bertz CT molecular complexity index is 1230. The van der Waals surface area contributed by atoms with Gasteiger partial charge in [-0.05, 0) is 36.8 Å². The number of urea groups is 1. The number of ether oxygens (including phenoxy) is 3. The van der Waals surface area contributed by atoms with E-state index < -0.39 is 24.0 Å². The molecule has 1 aliphatic rings. The maximum Gasteiger partial charge on any atom is 0.338 e. The minimum Gasteiger partial charge on any atom is -0.497 e. The van der Waals surface area contributed by atoms with Crippen molar-refractivity contribution in [3.8, 4) is 5.75 Å². The summed E-state index contributed by atoms with van der Waals surface area (Å²) in [5.41, 5.74) is 2.30. The summed E-state index contributed by atoms with van der Waals surface area (Å²) in [6.07, 6.45) is 0.266. The molecule has 1 aliphatic heterocycles. The van der Waals surface area contributed by atoms with Gasteiger partial charge >= 0.3 is 18.0 Å². The number of nitrogens with zero attached hydrogens (tertiary/aromatic N) is 1. The number of hydrogen-bond acceptors (Lipinski definition) is 8. The number of methoxy groups -OCH3 is 1. The number of hydrogen-bond donors (Lipinski definition) is 2. The zero-order chi connectivity index (χ0) is 24.8. The Hall–Kier alpha value is -4.34. The summed E-state index contributed by atoms with van der Waals surface area (Å²) >= 11 is 0. The maximum atomic E-state index is 12.8. The molecule has 2 N–H and O–H groups in total. The van der Waals surface area contributed by atoms with Gasteiger partial charge in [0.25, 0.3) is 0 Å². The van der Waals surface area contributed by atoms with Crippen LogP contribution >= 0.6 is 0 Å². The summed E-state index contributed by atoms with van der Waals surface area (Å²) in [4.78, 5) is 41.9. The van der Waals surface area contributed by atoms with Crippen LogP contribution in [0.2, 0.25) is 0 Å². The lowest BCUT2D eigenvalue weighted by atomic mass is 9.95. The average Bonchev–Trinajstić information content (AvgIpc) is 3.29. The van der Waals surface area contributed by atoms with Crippen LogP contribution in [0.1, 0.15) is 30.8 Å². The standard InChI is InChI=1S/C25H25N3O7/c1-3-33-24(30)22-18(27-25(31)28-23(22)15-8-10-16(32-2)11-9-15)14-34-21(29)13-12-20-26-17-6-4-5-7-19(17)35-20/h4-11,23H,3,12-14H2,1-2H3,(H2,27,28,31)/t23-/m1/s1. The van der Waals surface area contributed by atoms with Crippen LogP contribution in [0.3, 0.4) is 0 Å². The van der Waals surface area contributed by atoms with Crippen molar-refractivity contribution in [2.45, 2.75) is 25.8 Å². The fourth-order valence-electron chi connectivity index (χ4n) is 3.69. The van der Waals surface area contributed by atoms with Gasteiger partial charge in [-0.25, -0.2) is 14.6 Å². The lowest BCUT2D eigenvalue weighted by molar-refractivity contribution is -0.143. The molecule has 1 atom stereocenters. The molecule has 10 nitrogen and oxygen atoms in total. The van der Waals surface area contributed by atoms with E-state index in [1.807, 2.05) is 18.2 Å². The largest absolute Gasteiger partial charge is 0.497 e. The predicted octanol–water partition coefficient (Wildman–Crippen LogP) is 3.18. The number of carbonyl (C=O) groups excluding carboxylic acids is 3. The lowest BCUT2D eigenvalue weighted by Crippen LogP contribution is -2.47. The molecule has 0 aliphatic carbocycles. The van der Waals surface area contributed by atoms with Gasteiger partial charge in [0.2, 0.25) is 0 Å². The van der Waals surface area contributed by atoms with Gasteiger partial charge in [0, 0.05) is 6.42 Å². The first-order chi connectivity index (χ1) is 17.0. The number of rotatable bonds is 9. The molecule has 0 saturated heterocycles. The highest BCUT2D eigenvalue weighted by atomic mass is 16.5. The SMILES string of the molecule is CCOC(=O)C1=C(COC(=O)CCc2nc3ccccc3o2)NC(=O)N[C@@H]1c1ccc(OC)cc1. The molecule has 0 radical (unpaired) electrons. The van der Waals surface area contributed by atoms with Crippen LogP contribution in [-0.4, -0.2) is 43.3 Å². The smallest absolute Gasteiger partial charge is 0.338 e. The van der Waals surface area contributed by atoms with Crippen molar-refractivity contribution >= 4 is 29.1 Å². The van der Waals surface area contributed by atoms with Gasteiger partial charge < -0.3 is 29.3 Å². The van der Waals surface area contributed by atoms with Crippen molar-refractivity contribution < 1.29 is 33.0 Å². The fraction of sp³-hybridized carbons (Fsp3) is 0.280. The van der Waals surface area contributed by atoms with E-state index in [0.29, 0.717) is 28.3 Å². The van der Waals surface area contributed by atoms with E-state index in [-0.39, 0.29) is 37.3 Å². The normalized spacial score (nSPS) is 15.4. The second kappa shape index (κ2) is 10.7. The van der Waals surface area contributed by atoms with E-state index in [4.69, 9.17) is 18.6 Å². The van der Waals surface area contributed by atoms with Gasteiger partial charge in [-0.2, -0.15) is 0 Å². The Balaban J connectivity index is 1.48. The fourth-order valence-corrected chi connectivity index (χ4v) is 3.69. The second-order valence-electron chi connectivity index (χ2n) is 7.65. The highest BCUT2D eigenvalue weighted by molar-refractivity contribution is 5.95. The maximum absolute atomic E-state index is 12.8. The van der Waals surface area contributed by atoms with E-state index in [9.17, 15) is 14.4 Å². The van der Waals surface area contributed by atoms with Crippen LogP contribution < -0.4 is 15.4 Å². The quantitative estimate of drug-likeness (QED) is 0.448. The third-order valence-electron chi connectivity index (χ3n) is 5.36. The van der Waals surface area contributed by atoms with Crippen LogP contribution in [-0.2, 0) is 25.5 Å². The van der Waals surface area contributed by atoms with E-state index in [2.05, 4.69) is 15.6 Å². The number of amides is 2. The van der Waals surface area contributed by atoms with Gasteiger partial charge in [0.05, 0.1) is 37.4 Å². The first-order valence-electron chi connectivity index (χ1n) is 11.1. The summed E-state index contributed by atoms with van der Waals surface area (Å²) in [6.45, 7) is 1.52. The van der Waals surface area contributed by atoms with Gasteiger partial charge in [0.1, 0.15) is 17.9 Å². The van der Waals surface area contributed by atoms with Crippen LogP contribution in [0.25, 0.3) is 11.1 Å². The molecule has 1 aromatic heterocycles. The van der Waals surface area contributed by atoms with E-state index >= 15 is 0 Å². The number of fused-ring (bicyclic) bond motifs is 1. The molecule has 2 aromatic carbocycles. The zero-order valence-electron chi connectivity index (χ0n) is 19.3. The molecule has 182 valence electrons. The van der Waals surface area contributed by atoms with Crippen molar-refractivity contribution in [3.63, 3.8) is 0 Å². The molecule has 0 spiro atoms. The van der Waals surface area contributed by atoms with Gasteiger partial charge in [-0.15, -0.1) is 0 Å². The van der Waals surface area contributed by atoms with Gasteiger partial charge in [0.15, 0.2) is 11.5 Å². The summed E-state index contributed by atoms with van der Waals surface area (Å²) in [5, 5.41) is 5.30. The number of benzene rings is 2.